The van der Waals surface area contributed by atoms with Crippen LogP contribution >= 0.6 is 0 Å². The van der Waals surface area contributed by atoms with E-state index in [4.69, 9.17) is 5.26 Å². The normalized spacial score (nSPS) is 11.8. The highest BCUT2D eigenvalue weighted by atomic mass is 16.1. The van der Waals surface area contributed by atoms with Crippen molar-refractivity contribution in [3.8, 4) is 40.1 Å². The molecule has 0 unspecified atom stereocenters. The van der Waals surface area contributed by atoms with Gasteiger partial charge in [0.15, 0.2) is 5.82 Å². The zero-order valence-corrected chi connectivity index (χ0v) is 16.4. The van der Waals surface area contributed by atoms with Crippen molar-refractivity contribution in [2.45, 2.75) is 6.54 Å². The fraction of sp³-hybridized carbons (Fsp3) is 0.0417. The number of benzene rings is 2. The summed E-state index contributed by atoms with van der Waals surface area (Å²) in [6, 6.07) is 17.9. The Bertz CT molecular complexity index is 1540. The van der Waals surface area contributed by atoms with Crippen molar-refractivity contribution >= 4 is 0 Å². The molecule has 0 bridgehead atoms. The number of aromatic amines is 1. The lowest BCUT2D eigenvalue weighted by molar-refractivity contribution is 0.816. The molecule has 1 N–H and O–H groups in total. The Hall–Kier alpha value is -4.57. The molecule has 1 aliphatic rings. The average Bonchev–Trinajstić information content (AvgIpc) is 3.52. The van der Waals surface area contributed by atoms with E-state index in [2.05, 4.69) is 37.4 Å². The number of hydrogen-bond acceptors (Lipinski definition) is 3. The first-order chi connectivity index (χ1) is 15.2. The van der Waals surface area contributed by atoms with Crippen molar-refractivity contribution in [2.75, 3.05) is 0 Å². The van der Waals surface area contributed by atoms with Gasteiger partial charge in [0.05, 0.1) is 28.7 Å². The summed E-state index contributed by atoms with van der Waals surface area (Å²) in [5.74, 6) is 0.866. The highest BCUT2D eigenvalue weighted by molar-refractivity contribution is 5.72. The third kappa shape index (κ3) is 2.66. The number of nitrogens with zero attached hydrogens (tertiary/aromatic N) is 5. The lowest BCUT2D eigenvalue weighted by atomic mass is 10.1. The minimum Gasteiger partial charge on any atom is -0.340 e. The second kappa shape index (κ2) is 6.47. The topological polar surface area (TPSA) is 84.3 Å². The molecule has 0 spiro atoms. The standard InChI is InChI=1S/C24H16N6O/c25-13-16-1-3-17(4-2-16)18-12-22-23-26-7-10-30(23)21-6-5-20(29-9-8-27-24(29)31)11-19(21)15-28(22)14-18/h1-12,14H,15H2,(H,27,31). The van der Waals surface area contributed by atoms with Gasteiger partial charge in [-0.2, -0.15) is 5.26 Å². The number of H-pyrrole nitrogens is 1. The van der Waals surface area contributed by atoms with E-state index in [1.807, 2.05) is 48.7 Å². The Morgan fingerprint density at radius 1 is 1.00 bits per heavy atom. The Labute approximate surface area is 177 Å². The van der Waals surface area contributed by atoms with E-state index in [-0.39, 0.29) is 5.69 Å². The van der Waals surface area contributed by atoms with Crippen molar-refractivity contribution in [3.05, 3.63) is 101 Å². The first-order valence-corrected chi connectivity index (χ1v) is 9.85. The van der Waals surface area contributed by atoms with Crippen LogP contribution in [-0.2, 0) is 6.54 Å². The van der Waals surface area contributed by atoms with Crippen LogP contribution in [0.1, 0.15) is 11.1 Å². The smallest absolute Gasteiger partial charge is 0.330 e. The van der Waals surface area contributed by atoms with Gasteiger partial charge in [-0.3, -0.25) is 9.13 Å². The Balaban J connectivity index is 1.50. The van der Waals surface area contributed by atoms with Crippen molar-refractivity contribution in [1.82, 2.24) is 23.7 Å². The van der Waals surface area contributed by atoms with Crippen LogP contribution in [0.15, 0.2) is 84.3 Å². The number of aromatic nitrogens is 5. The molecule has 7 heteroatoms. The molecule has 2 aromatic carbocycles. The molecule has 0 saturated carbocycles. The molecule has 0 aliphatic carbocycles. The van der Waals surface area contributed by atoms with Crippen molar-refractivity contribution in [3.63, 3.8) is 0 Å². The molecule has 1 aliphatic heterocycles. The van der Waals surface area contributed by atoms with E-state index < -0.39 is 0 Å². The Kier molecular flexibility index (Phi) is 3.61. The van der Waals surface area contributed by atoms with Gasteiger partial charge in [-0.05, 0) is 47.5 Å². The third-order valence-electron chi connectivity index (χ3n) is 5.70. The molecule has 7 nitrogen and oxygen atoms in total. The largest absolute Gasteiger partial charge is 0.340 e. The number of rotatable bonds is 2. The zero-order valence-electron chi connectivity index (χ0n) is 16.4. The molecule has 0 fully saturated rings. The number of nitrogens with one attached hydrogen (secondary N) is 1. The molecule has 0 atom stereocenters. The highest BCUT2D eigenvalue weighted by Gasteiger charge is 2.21. The van der Waals surface area contributed by atoms with Gasteiger partial charge in [-0.25, -0.2) is 9.78 Å². The molecule has 0 saturated heterocycles. The monoisotopic (exact) mass is 404 g/mol. The van der Waals surface area contributed by atoms with E-state index in [1.165, 1.54) is 0 Å². The fourth-order valence-corrected chi connectivity index (χ4v) is 4.20. The summed E-state index contributed by atoms with van der Waals surface area (Å²) < 4.78 is 5.86. The maximum Gasteiger partial charge on any atom is 0.330 e. The van der Waals surface area contributed by atoms with E-state index in [9.17, 15) is 4.79 Å². The maximum absolute atomic E-state index is 12.1. The summed E-state index contributed by atoms with van der Waals surface area (Å²) in [6.45, 7) is 0.650. The number of nitriles is 1. The lowest BCUT2D eigenvalue weighted by Gasteiger charge is -2.11. The van der Waals surface area contributed by atoms with Crippen LogP contribution in [0.5, 0.6) is 0 Å². The molecule has 0 amide bonds. The minimum absolute atomic E-state index is 0.165. The second-order valence-electron chi connectivity index (χ2n) is 7.50. The average molecular weight is 404 g/mol. The second-order valence-corrected chi connectivity index (χ2v) is 7.50. The number of hydrogen-bond donors (Lipinski definition) is 1. The highest BCUT2D eigenvalue weighted by Crippen LogP contribution is 2.34. The van der Waals surface area contributed by atoms with Gasteiger partial charge in [-0.1, -0.05) is 12.1 Å². The van der Waals surface area contributed by atoms with E-state index >= 15 is 0 Å². The number of fused-ring (bicyclic) bond motifs is 5. The van der Waals surface area contributed by atoms with Crippen molar-refractivity contribution in [1.29, 1.82) is 5.26 Å². The van der Waals surface area contributed by atoms with Crippen LogP contribution in [-0.4, -0.2) is 23.7 Å². The SMILES string of the molecule is N#Cc1ccc(-c2cc3n(c2)Cc2cc(-n4cc[nH]c4=O)ccc2-n2ccnc2-3)cc1. The van der Waals surface area contributed by atoms with E-state index in [0.717, 1.165) is 39.6 Å². The van der Waals surface area contributed by atoms with Crippen LogP contribution < -0.4 is 5.69 Å². The summed E-state index contributed by atoms with van der Waals surface area (Å²) in [4.78, 5) is 19.4. The van der Waals surface area contributed by atoms with Crippen LogP contribution in [0.2, 0.25) is 0 Å². The van der Waals surface area contributed by atoms with Gasteiger partial charge in [0.2, 0.25) is 0 Å². The fourth-order valence-electron chi connectivity index (χ4n) is 4.20. The first-order valence-electron chi connectivity index (χ1n) is 9.85. The Morgan fingerprint density at radius 2 is 1.87 bits per heavy atom. The molecule has 31 heavy (non-hydrogen) atoms. The van der Waals surface area contributed by atoms with Gasteiger partial charge in [-0.15, -0.1) is 0 Å². The summed E-state index contributed by atoms with van der Waals surface area (Å²) in [6.07, 6.45) is 9.23. The quantitative estimate of drug-likeness (QED) is 0.477. The van der Waals surface area contributed by atoms with Gasteiger partial charge in [0, 0.05) is 43.1 Å². The minimum atomic E-state index is -0.165. The molecule has 4 heterocycles. The van der Waals surface area contributed by atoms with Crippen LogP contribution in [0.25, 0.3) is 34.0 Å². The molecule has 6 rings (SSSR count). The van der Waals surface area contributed by atoms with Crippen LogP contribution in [0.4, 0.5) is 0 Å². The van der Waals surface area contributed by atoms with Crippen molar-refractivity contribution < 1.29 is 0 Å². The molecular weight excluding hydrogens is 388 g/mol. The summed E-state index contributed by atoms with van der Waals surface area (Å²) in [7, 11) is 0. The van der Waals surface area contributed by atoms with E-state index in [0.29, 0.717) is 12.1 Å². The molecular formula is C24H16N6O. The molecule has 3 aromatic heterocycles. The number of imidazole rings is 2. The zero-order chi connectivity index (χ0) is 20.9. The maximum atomic E-state index is 12.1. The lowest BCUT2D eigenvalue weighted by Crippen LogP contribution is -2.14. The first kappa shape index (κ1) is 17.3. The van der Waals surface area contributed by atoms with Gasteiger partial charge in [0.25, 0.3) is 0 Å². The van der Waals surface area contributed by atoms with Gasteiger partial charge < -0.3 is 9.55 Å². The predicted octanol–water partition coefficient (Wildman–Crippen LogP) is 3.72. The summed E-state index contributed by atoms with van der Waals surface area (Å²) >= 11 is 0. The summed E-state index contributed by atoms with van der Waals surface area (Å²) in [5, 5.41) is 9.06. The molecule has 0 radical (unpaired) electrons. The van der Waals surface area contributed by atoms with Gasteiger partial charge in [0.1, 0.15) is 0 Å². The van der Waals surface area contributed by atoms with Crippen LogP contribution in [0.3, 0.4) is 0 Å². The summed E-state index contributed by atoms with van der Waals surface area (Å²) in [5.41, 5.74) is 6.55. The van der Waals surface area contributed by atoms with Crippen molar-refractivity contribution in [2.24, 2.45) is 0 Å². The third-order valence-corrected chi connectivity index (χ3v) is 5.70. The molecule has 5 aromatic rings. The predicted molar refractivity (Wildman–Crippen MR) is 116 cm³/mol. The molecule has 148 valence electrons. The van der Waals surface area contributed by atoms with Crippen LogP contribution in [0, 0.1) is 11.3 Å². The van der Waals surface area contributed by atoms with E-state index in [1.54, 1.807) is 23.2 Å². The Morgan fingerprint density at radius 3 is 2.65 bits per heavy atom. The van der Waals surface area contributed by atoms with Gasteiger partial charge >= 0.3 is 5.69 Å².